The van der Waals surface area contributed by atoms with Gasteiger partial charge in [0.2, 0.25) is 0 Å². The van der Waals surface area contributed by atoms with Gasteiger partial charge in [0.1, 0.15) is 5.75 Å². The van der Waals surface area contributed by atoms with Crippen molar-refractivity contribution in [2.45, 2.75) is 30.6 Å². The van der Waals surface area contributed by atoms with E-state index in [9.17, 15) is 5.11 Å². The third-order valence-electron chi connectivity index (χ3n) is 3.33. The molecule has 88 valence electrons. The summed E-state index contributed by atoms with van der Waals surface area (Å²) in [5.74, 6) is 1.04. The van der Waals surface area contributed by atoms with Gasteiger partial charge in [-0.05, 0) is 68.3 Å². The van der Waals surface area contributed by atoms with E-state index in [0.717, 1.165) is 18.7 Å². The van der Waals surface area contributed by atoms with Crippen LogP contribution < -0.4 is 5.32 Å². The van der Waals surface area contributed by atoms with Gasteiger partial charge in [-0.1, -0.05) is 0 Å². The van der Waals surface area contributed by atoms with Gasteiger partial charge in [0, 0.05) is 4.90 Å². The molecule has 3 heteroatoms. The van der Waals surface area contributed by atoms with Crippen LogP contribution in [0.4, 0.5) is 0 Å². The second-order valence-corrected chi connectivity index (χ2v) is 5.25. The third-order valence-corrected chi connectivity index (χ3v) is 4.12. The van der Waals surface area contributed by atoms with Crippen LogP contribution in [-0.4, -0.2) is 24.5 Å². The Morgan fingerprint density at radius 1 is 1.31 bits per heavy atom. The second kappa shape index (κ2) is 5.11. The predicted octanol–water partition coefficient (Wildman–Crippen LogP) is 2.89. The van der Waals surface area contributed by atoms with Crippen LogP contribution in [0.25, 0.3) is 0 Å². The van der Waals surface area contributed by atoms with Crippen molar-refractivity contribution < 1.29 is 5.11 Å². The minimum atomic E-state index is 0.436. The molecule has 0 spiro atoms. The highest BCUT2D eigenvalue weighted by atomic mass is 32.2. The number of nitrogens with one attached hydrogen (secondary N) is 1. The Morgan fingerprint density at radius 3 is 2.62 bits per heavy atom. The van der Waals surface area contributed by atoms with E-state index < -0.39 is 0 Å². The van der Waals surface area contributed by atoms with Crippen LogP contribution in [0.2, 0.25) is 0 Å². The number of aromatic hydroxyl groups is 1. The Hall–Kier alpha value is -0.670. The zero-order valence-electron chi connectivity index (χ0n) is 9.92. The highest BCUT2D eigenvalue weighted by Gasteiger charge is 2.19. The predicted molar refractivity (Wildman–Crippen MR) is 69.5 cm³/mol. The molecular weight excluding hydrogens is 218 g/mol. The fourth-order valence-corrected chi connectivity index (χ4v) is 3.07. The number of aryl methyl sites for hydroxylation is 1. The van der Waals surface area contributed by atoms with E-state index in [1.807, 2.05) is 13.0 Å². The minimum absolute atomic E-state index is 0.436. The summed E-state index contributed by atoms with van der Waals surface area (Å²) in [5, 5.41) is 13.2. The molecule has 1 aromatic carbocycles. The maximum absolute atomic E-state index is 9.83. The lowest BCUT2D eigenvalue weighted by Crippen LogP contribution is -2.26. The first kappa shape index (κ1) is 11.8. The lowest BCUT2D eigenvalue weighted by molar-refractivity contribution is 0.446. The Balaban J connectivity index is 2.33. The van der Waals surface area contributed by atoms with Crippen molar-refractivity contribution >= 4 is 11.8 Å². The smallest absolute Gasteiger partial charge is 0.118 e. The van der Waals surface area contributed by atoms with E-state index >= 15 is 0 Å². The van der Waals surface area contributed by atoms with Gasteiger partial charge in [0.25, 0.3) is 0 Å². The second-order valence-electron chi connectivity index (χ2n) is 4.40. The molecule has 1 heterocycles. The van der Waals surface area contributed by atoms with Crippen LogP contribution in [0, 0.1) is 6.92 Å². The number of phenols is 1. The number of hydrogen-bond donors (Lipinski definition) is 2. The molecule has 0 saturated carbocycles. The van der Waals surface area contributed by atoms with E-state index in [2.05, 4.69) is 17.6 Å². The summed E-state index contributed by atoms with van der Waals surface area (Å²) in [6.07, 6.45) is 4.46. The van der Waals surface area contributed by atoms with E-state index in [1.165, 1.54) is 23.3 Å². The lowest BCUT2D eigenvalue weighted by atomic mass is 9.89. The van der Waals surface area contributed by atoms with Crippen LogP contribution in [0.3, 0.4) is 0 Å². The lowest BCUT2D eigenvalue weighted by Gasteiger charge is -2.25. The van der Waals surface area contributed by atoms with Gasteiger partial charge in [-0.3, -0.25) is 0 Å². The van der Waals surface area contributed by atoms with Gasteiger partial charge in [-0.15, -0.1) is 11.8 Å². The van der Waals surface area contributed by atoms with Crippen molar-refractivity contribution in [3.05, 3.63) is 23.3 Å². The molecule has 2 rings (SSSR count). The van der Waals surface area contributed by atoms with Gasteiger partial charge < -0.3 is 10.4 Å². The van der Waals surface area contributed by atoms with Crippen LogP contribution in [0.1, 0.15) is 29.9 Å². The van der Waals surface area contributed by atoms with Gasteiger partial charge in [-0.2, -0.15) is 0 Å². The molecule has 0 bridgehead atoms. The minimum Gasteiger partial charge on any atom is -0.508 e. The monoisotopic (exact) mass is 237 g/mol. The topological polar surface area (TPSA) is 32.3 Å². The first-order valence-corrected chi connectivity index (χ1v) is 7.03. The fourth-order valence-electron chi connectivity index (χ4n) is 2.31. The number of phenolic OH excluding ortho intramolecular Hbond substituents is 1. The molecule has 1 fully saturated rings. The number of thioether (sulfide) groups is 1. The van der Waals surface area contributed by atoms with Crippen LogP contribution in [-0.2, 0) is 0 Å². The third kappa shape index (κ3) is 2.36. The molecule has 0 unspecified atom stereocenters. The molecule has 0 radical (unpaired) electrons. The molecule has 0 aliphatic carbocycles. The summed E-state index contributed by atoms with van der Waals surface area (Å²) in [4.78, 5) is 1.32. The highest BCUT2D eigenvalue weighted by Crippen LogP contribution is 2.36. The Morgan fingerprint density at radius 2 is 2.00 bits per heavy atom. The summed E-state index contributed by atoms with van der Waals surface area (Å²) in [7, 11) is 0. The molecule has 1 aliphatic heterocycles. The van der Waals surface area contributed by atoms with Crippen molar-refractivity contribution in [1.29, 1.82) is 0 Å². The quantitative estimate of drug-likeness (QED) is 0.776. The molecule has 2 nitrogen and oxygen atoms in total. The van der Waals surface area contributed by atoms with Crippen molar-refractivity contribution in [3.8, 4) is 5.75 Å². The molecule has 0 aromatic heterocycles. The molecule has 2 N–H and O–H groups in total. The van der Waals surface area contributed by atoms with Crippen LogP contribution >= 0.6 is 11.8 Å². The van der Waals surface area contributed by atoms with Crippen molar-refractivity contribution in [3.63, 3.8) is 0 Å². The normalized spacial score (nSPS) is 17.6. The maximum atomic E-state index is 9.83. The van der Waals surface area contributed by atoms with Crippen LogP contribution in [0.5, 0.6) is 5.75 Å². The van der Waals surface area contributed by atoms with Crippen molar-refractivity contribution in [2.75, 3.05) is 19.3 Å². The fraction of sp³-hybridized carbons (Fsp3) is 0.538. The summed E-state index contributed by atoms with van der Waals surface area (Å²) in [6, 6.07) is 4.08. The molecule has 1 aromatic rings. The summed E-state index contributed by atoms with van der Waals surface area (Å²) >= 11 is 1.78. The Labute approximate surface area is 101 Å². The van der Waals surface area contributed by atoms with Crippen LogP contribution in [0.15, 0.2) is 17.0 Å². The number of hydrogen-bond acceptors (Lipinski definition) is 3. The van der Waals surface area contributed by atoms with E-state index in [4.69, 9.17) is 0 Å². The molecule has 1 saturated heterocycles. The van der Waals surface area contributed by atoms with Gasteiger partial charge in [0.15, 0.2) is 0 Å². The van der Waals surface area contributed by atoms with E-state index in [1.54, 1.807) is 11.8 Å². The maximum Gasteiger partial charge on any atom is 0.118 e. The zero-order valence-corrected chi connectivity index (χ0v) is 10.7. The molecule has 0 amide bonds. The van der Waals surface area contributed by atoms with Crippen molar-refractivity contribution in [2.24, 2.45) is 0 Å². The Bertz CT molecular complexity index is 372. The van der Waals surface area contributed by atoms with Gasteiger partial charge in [-0.25, -0.2) is 0 Å². The molecular formula is C13H19NOS. The van der Waals surface area contributed by atoms with Gasteiger partial charge >= 0.3 is 0 Å². The van der Waals surface area contributed by atoms with E-state index in [-0.39, 0.29) is 0 Å². The van der Waals surface area contributed by atoms with Crippen molar-refractivity contribution in [1.82, 2.24) is 5.32 Å². The first-order valence-electron chi connectivity index (χ1n) is 5.80. The highest BCUT2D eigenvalue weighted by molar-refractivity contribution is 7.98. The molecule has 0 atom stereocenters. The Kier molecular flexibility index (Phi) is 3.77. The summed E-state index contributed by atoms with van der Waals surface area (Å²) in [6.45, 7) is 4.14. The summed E-state index contributed by atoms with van der Waals surface area (Å²) in [5.41, 5.74) is 2.30. The molecule has 1 aliphatic rings. The standard InChI is InChI=1S/C13H19NOS/c1-9-7-13(16-2)11(8-12(9)15)10-3-5-14-6-4-10/h7-8,10,14-15H,3-6H2,1-2H3. The zero-order chi connectivity index (χ0) is 11.5. The largest absolute Gasteiger partial charge is 0.508 e. The number of piperidine rings is 1. The number of benzene rings is 1. The summed E-state index contributed by atoms with van der Waals surface area (Å²) < 4.78 is 0. The van der Waals surface area contributed by atoms with E-state index in [0.29, 0.717) is 11.7 Å². The molecule has 16 heavy (non-hydrogen) atoms. The number of rotatable bonds is 2. The average molecular weight is 237 g/mol. The SMILES string of the molecule is CSc1cc(C)c(O)cc1C1CCNCC1. The average Bonchev–Trinajstić information content (AvgIpc) is 2.33. The first-order chi connectivity index (χ1) is 7.72. The van der Waals surface area contributed by atoms with Gasteiger partial charge in [0.05, 0.1) is 0 Å².